The summed E-state index contributed by atoms with van der Waals surface area (Å²) >= 11 is 0. The molecule has 4 amide bonds. The highest BCUT2D eigenvalue weighted by molar-refractivity contribution is 6.10. The van der Waals surface area contributed by atoms with Gasteiger partial charge in [-0.25, -0.2) is 4.79 Å². The summed E-state index contributed by atoms with van der Waals surface area (Å²) in [5.41, 5.74) is 1.03. The van der Waals surface area contributed by atoms with Crippen molar-refractivity contribution in [3.8, 4) is 0 Å². The molecule has 2 heterocycles. The number of hydrogen-bond acceptors (Lipinski definition) is 4. The Labute approximate surface area is 171 Å². The predicted molar refractivity (Wildman–Crippen MR) is 112 cm³/mol. The first-order chi connectivity index (χ1) is 14.1. The SMILES string of the molecule is O=C(CN1C(=O)NC2(CCCCCC2)C1=O)Nc1ccc(N2CCCCC2)cc1. The van der Waals surface area contributed by atoms with Crippen LogP contribution in [-0.2, 0) is 9.59 Å². The first-order valence-corrected chi connectivity index (χ1v) is 10.9. The highest BCUT2D eigenvalue weighted by Gasteiger charge is 2.51. The number of piperidine rings is 1. The van der Waals surface area contributed by atoms with Crippen molar-refractivity contribution < 1.29 is 14.4 Å². The van der Waals surface area contributed by atoms with Gasteiger partial charge in [0.1, 0.15) is 12.1 Å². The van der Waals surface area contributed by atoms with Gasteiger partial charge < -0.3 is 15.5 Å². The van der Waals surface area contributed by atoms with Crippen molar-refractivity contribution in [2.75, 3.05) is 29.9 Å². The number of anilines is 2. The number of urea groups is 1. The number of nitrogens with one attached hydrogen (secondary N) is 2. The maximum absolute atomic E-state index is 12.9. The summed E-state index contributed by atoms with van der Waals surface area (Å²) in [6.07, 6.45) is 9.05. The van der Waals surface area contributed by atoms with Gasteiger partial charge in [-0.15, -0.1) is 0 Å². The fourth-order valence-electron chi connectivity index (χ4n) is 4.74. The van der Waals surface area contributed by atoms with E-state index in [1.54, 1.807) is 0 Å². The van der Waals surface area contributed by atoms with Crippen LogP contribution in [0, 0.1) is 0 Å². The Morgan fingerprint density at radius 2 is 1.55 bits per heavy atom. The summed E-state index contributed by atoms with van der Waals surface area (Å²) < 4.78 is 0. The third-order valence-corrected chi connectivity index (χ3v) is 6.38. The molecule has 2 aliphatic heterocycles. The number of hydrogen-bond donors (Lipinski definition) is 2. The van der Waals surface area contributed by atoms with Crippen LogP contribution in [0.5, 0.6) is 0 Å². The van der Waals surface area contributed by atoms with Crippen LogP contribution in [0.1, 0.15) is 57.8 Å². The molecule has 0 radical (unpaired) electrons. The van der Waals surface area contributed by atoms with E-state index >= 15 is 0 Å². The average molecular weight is 399 g/mol. The number of carbonyl (C=O) groups excluding carboxylic acids is 3. The van der Waals surface area contributed by atoms with E-state index in [-0.39, 0.29) is 18.4 Å². The summed E-state index contributed by atoms with van der Waals surface area (Å²) in [5, 5.41) is 5.69. The largest absolute Gasteiger partial charge is 0.372 e. The van der Waals surface area contributed by atoms with E-state index in [1.165, 1.54) is 19.3 Å². The van der Waals surface area contributed by atoms with E-state index in [2.05, 4.69) is 15.5 Å². The quantitative estimate of drug-likeness (QED) is 0.763. The van der Waals surface area contributed by atoms with Crippen molar-refractivity contribution in [1.29, 1.82) is 0 Å². The van der Waals surface area contributed by atoms with E-state index in [0.717, 1.165) is 49.4 Å². The Morgan fingerprint density at radius 1 is 0.931 bits per heavy atom. The van der Waals surface area contributed by atoms with Gasteiger partial charge in [0, 0.05) is 24.5 Å². The second kappa shape index (κ2) is 8.43. The Kier molecular flexibility index (Phi) is 5.74. The third-order valence-electron chi connectivity index (χ3n) is 6.38. The molecule has 1 aromatic rings. The Bertz CT molecular complexity index is 763. The molecule has 1 aliphatic carbocycles. The molecular weight excluding hydrogens is 368 g/mol. The monoisotopic (exact) mass is 398 g/mol. The highest BCUT2D eigenvalue weighted by atomic mass is 16.2. The van der Waals surface area contributed by atoms with E-state index in [9.17, 15) is 14.4 Å². The first-order valence-electron chi connectivity index (χ1n) is 10.9. The minimum atomic E-state index is -0.802. The van der Waals surface area contributed by atoms with Gasteiger partial charge in [0.15, 0.2) is 0 Å². The van der Waals surface area contributed by atoms with E-state index in [1.807, 2.05) is 24.3 Å². The zero-order chi connectivity index (χ0) is 20.3. The average Bonchev–Trinajstić information content (AvgIpc) is 2.89. The van der Waals surface area contributed by atoms with Crippen molar-refractivity contribution in [2.45, 2.75) is 63.3 Å². The molecule has 7 heteroatoms. The molecule has 0 aromatic heterocycles. The fourth-order valence-corrected chi connectivity index (χ4v) is 4.74. The molecule has 3 aliphatic rings. The summed E-state index contributed by atoms with van der Waals surface area (Å²) in [5.74, 6) is -0.607. The normalized spacial score (nSPS) is 21.8. The van der Waals surface area contributed by atoms with Crippen LogP contribution in [0.4, 0.5) is 16.2 Å². The van der Waals surface area contributed by atoms with Gasteiger partial charge in [-0.2, -0.15) is 0 Å². The molecule has 3 fully saturated rings. The number of amides is 4. The van der Waals surface area contributed by atoms with Crippen molar-refractivity contribution >= 4 is 29.2 Å². The predicted octanol–water partition coefficient (Wildman–Crippen LogP) is 3.26. The van der Waals surface area contributed by atoms with Gasteiger partial charge in [0.05, 0.1) is 0 Å². The molecule has 156 valence electrons. The lowest BCUT2D eigenvalue weighted by Crippen LogP contribution is -2.47. The lowest BCUT2D eigenvalue weighted by molar-refractivity contribution is -0.134. The van der Waals surface area contributed by atoms with Gasteiger partial charge in [0.25, 0.3) is 5.91 Å². The Balaban J connectivity index is 1.35. The molecule has 1 spiro atoms. The molecule has 29 heavy (non-hydrogen) atoms. The number of imide groups is 1. The molecule has 1 aromatic carbocycles. The maximum atomic E-state index is 12.9. The summed E-state index contributed by atoms with van der Waals surface area (Å²) in [7, 11) is 0. The lowest BCUT2D eigenvalue weighted by atomic mass is 9.90. The zero-order valence-corrected chi connectivity index (χ0v) is 16.9. The number of carbonyl (C=O) groups is 3. The summed E-state index contributed by atoms with van der Waals surface area (Å²) in [4.78, 5) is 41.2. The molecule has 4 rings (SSSR count). The van der Waals surface area contributed by atoms with E-state index in [4.69, 9.17) is 0 Å². The van der Waals surface area contributed by atoms with Gasteiger partial charge in [-0.05, 0) is 56.4 Å². The molecule has 7 nitrogen and oxygen atoms in total. The number of rotatable bonds is 4. The maximum Gasteiger partial charge on any atom is 0.325 e. The summed E-state index contributed by atoms with van der Waals surface area (Å²) in [6, 6.07) is 7.32. The molecule has 0 atom stereocenters. The first kappa shape index (κ1) is 19.7. The molecule has 1 saturated carbocycles. The van der Waals surface area contributed by atoms with Crippen LogP contribution in [0.3, 0.4) is 0 Å². The van der Waals surface area contributed by atoms with Crippen molar-refractivity contribution in [3.63, 3.8) is 0 Å². The minimum absolute atomic E-state index is 0.250. The van der Waals surface area contributed by atoms with E-state index < -0.39 is 11.6 Å². The second-order valence-electron chi connectivity index (χ2n) is 8.46. The van der Waals surface area contributed by atoms with Crippen LogP contribution in [-0.4, -0.2) is 47.9 Å². The van der Waals surface area contributed by atoms with Crippen molar-refractivity contribution in [3.05, 3.63) is 24.3 Å². The van der Waals surface area contributed by atoms with Crippen LogP contribution in [0.25, 0.3) is 0 Å². The van der Waals surface area contributed by atoms with Gasteiger partial charge in [0.2, 0.25) is 5.91 Å². The smallest absolute Gasteiger partial charge is 0.325 e. The molecule has 0 bridgehead atoms. The van der Waals surface area contributed by atoms with Crippen LogP contribution < -0.4 is 15.5 Å². The fraction of sp³-hybridized carbons (Fsp3) is 0.591. The molecule has 2 saturated heterocycles. The third kappa shape index (κ3) is 4.23. The molecular formula is C22H30N4O3. The van der Waals surface area contributed by atoms with Crippen LogP contribution in [0.15, 0.2) is 24.3 Å². The highest BCUT2D eigenvalue weighted by Crippen LogP contribution is 2.32. The van der Waals surface area contributed by atoms with Crippen molar-refractivity contribution in [1.82, 2.24) is 10.2 Å². The minimum Gasteiger partial charge on any atom is -0.372 e. The lowest BCUT2D eigenvalue weighted by Gasteiger charge is -2.28. The van der Waals surface area contributed by atoms with Gasteiger partial charge >= 0.3 is 6.03 Å². The second-order valence-corrected chi connectivity index (χ2v) is 8.46. The molecule has 0 unspecified atom stereocenters. The topological polar surface area (TPSA) is 81.8 Å². The Hall–Kier alpha value is -2.57. The van der Waals surface area contributed by atoms with Crippen LogP contribution in [0.2, 0.25) is 0 Å². The number of nitrogens with zero attached hydrogens (tertiary/aromatic N) is 2. The van der Waals surface area contributed by atoms with E-state index in [0.29, 0.717) is 18.5 Å². The van der Waals surface area contributed by atoms with Gasteiger partial charge in [-0.3, -0.25) is 14.5 Å². The van der Waals surface area contributed by atoms with Crippen molar-refractivity contribution in [2.24, 2.45) is 0 Å². The Morgan fingerprint density at radius 3 is 2.21 bits per heavy atom. The molecule has 2 N–H and O–H groups in total. The standard InChI is InChI=1S/C22H30N4O3/c27-19(23-17-8-10-18(11-9-17)25-14-6-3-7-15-25)16-26-20(28)22(24-21(26)29)12-4-1-2-5-13-22/h8-11H,1-7,12-16H2,(H,23,27)(H,24,29). The summed E-state index contributed by atoms with van der Waals surface area (Å²) in [6.45, 7) is 1.89. The zero-order valence-electron chi connectivity index (χ0n) is 16.9. The van der Waals surface area contributed by atoms with Gasteiger partial charge in [-0.1, -0.05) is 25.7 Å². The number of benzene rings is 1. The van der Waals surface area contributed by atoms with Crippen LogP contribution >= 0.6 is 0 Å².